The van der Waals surface area contributed by atoms with Crippen LogP contribution >= 0.6 is 11.6 Å². The van der Waals surface area contributed by atoms with Crippen LogP contribution in [0, 0.1) is 5.82 Å². The topological polar surface area (TPSA) is 49.4 Å². The summed E-state index contributed by atoms with van der Waals surface area (Å²) in [6.07, 6.45) is 1.76. The highest BCUT2D eigenvalue weighted by Gasteiger charge is 2.29. The Hall–Kier alpha value is -0.690. The van der Waals surface area contributed by atoms with Crippen LogP contribution in [-0.2, 0) is 10.0 Å². The van der Waals surface area contributed by atoms with E-state index in [4.69, 9.17) is 11.6 Å². The van der Waals surface area contributed by atoms with E-state index in [1.165, 1.54) is 10.4 Å². The van der Waals surface area contributed by atoms with Crippen LogP contribution in [-0.4, -0.2) is 38.9 Å². The summed E-state index contributed by atoms with van der Waals surface area (Å²) in [5.41, 5.74) is 0. The van der Waals surface area contributed by atoms with Crippen molar-refractivity contribution >= 4 is 21.6 Å². The van der Waals surface area contributed by atoms with Gasteiger partial charge >= 0.3 is 0 Å². The van der Waals surface area contributed by atoms with Crippen molar-refractivity contribution in [3.05, 3.63) is 29.0 Å². The fourth-order valence-corrected chi connectivity index (χ4v) is 3.80. The number of hydrogen-bond donors (Lipinski definition) is 1. The number of sulfonamides is 1. The molecule has 2 rings (SSSR count). The Morgan fingerprint density at radius 1 is 1.47 bits per heavy atom. The van der Waals surface area contributed by atoms with Crippen molar-refractivity contribution in [2.45, 2.75) is 23.8 Å². The maximum Gasteiger partial charge on any atom is 0.243 e. The van der Waals surface area contributed by atoms with Crippen molar-refractivity contribution in [1.29, 1.82) is 0 Å². The summed E-state index contributed by atoms with van der Waals surface area (Å²) in [4.78, 5) is 0.0203. The van der Waals surface area contributed by atoms with E-state index in [1.807, 2.05) is 0 Å². The number of benzene rings is 1. The molecule has 7 heteroatoms. The van der Waals surface area contributed by atoms with Crippen LogP contribution in [0.15, 0.2) is 23.1 Å². The zero-order valence-corrected chi connectivity index (χ0v) is 12.1. The minimum atomic E-state index is -3.64. The van der Waals surface area contributed by atoms with E-state index in [0.717, 1.165) is 31.5 Å². The van der Waals surface area contributed by atoms with Gasteiger partial charge in [0.15, 0.2) is 0 Å². The van der Waals surface area contributed by atoms with Crippen molar-refractivity contribution in [1.82, 2.24) is 9.62 Å². The molecule has 1 aliphatic rings. The molecule has 1 atom stereocenters. The van der Waals surface area contributed by atoms with Crippen LogP contribution in [0.2, 0.25) is 5.02 Å². The molecule has 0 bridgehead atoms. The molecule has 1 aromatic carbocycles. The van der Waals surface area contributed by atoms with Crippen molar-refractivity contribution in [2.24, 2.45) is 0 Å². The van der Waals surface area contributed by atoms with Crippen molar-refractivity contribution in [3.63, 3.8) is 0 Å². The summed E-state index contributed by atoms with van der Waals surface area (Å²) >= 11 is 5.64. The molecule has 1 aromatic rings. The second kappa shape index (κ2) is 5.75. The maximum absolute atomic E-state index is 13.1. The standard InChI is InChI=1S/C12H16ClFN2O2S/c1-16(9-3-2-6-15-8-9)19(17,18)10-4-5-12(14)11(13)7-10/h4-5,7,9,15H,2-3,6,8H2,1H3. The molecule has 1 saturated heterocycles. The molecule has 0 amide bonds. The zero-order chi connectivity index (χ0) is 14.0. The van der Waals surface area contributed by atoms with Gasteiger partial charge < -0.3 is 5.32 Å². The van der Waals surface area contributed by atoms with Gasteiger partial charge in [0, 0.05) is 19.6 Å². The molecular formula is C12H16ClFN2O2S. The molecule has 1 fully saturated rings. The second-order valence-electron chi connectivity index (χ2n) is 4.60. The Morgan fingerprint density at radius 2 is 2.21 bits per heavy atom. The summed E-state index contributed by atoms with van der Waals surface area (Å²) in [6, 6.07) is 3.38. The van der Waals surface area contributed by atoms with Crippen LogP contribution < -0.4 is 5.32 Å². The first-order valence-corrected chi connectivity index (χ1v) is 7.88. The van der Waals surface area contributed by atoms with Crippen molar-refractivity contribution in [3.8, 4) is 0 Å². The van der Waals surface area contributed by atoms with E-state index in [-0.39, 0.29) is 16.0 Å². The Bertz CT molecular complexity index is 559. The van der Waals surface area contributed by atoms with Gasteiger partial charge in [0.2, 0.25) is 10.0 Å². The molecule has 1 N–H and O–H groups in total. The lowest BCUT2D eigenvalue weighted by Crippen LogP contribution is -2.46. The summed E-state index contributed by atoms with van der Waals surface area (Å²) in [6.45, 7) is 1.54. The summed E-state index contributed by atoms with van der Waals surface area (Å²) in [7, 11) is -2.09. The smallest absolute Gasteiger partial charge is 0.243 e. The molecule has 1 heterocycles. The van der Waals surface area contributed by atoms with Gasteiger partial charge in [0.1, 0.15) is 5.82 Å². The number of nitrogens with one attached hydrogen (secondary N) is 1. The van der Waals surface area contributed by atoms with Gasteiger partial charge in [-0.3, -0.25) is 0 Å². The van der Waals surface area contributed by atoms with Gasteiger partial charge in [-0.1, -0.05) is 11.6 Å². The van der Waals surface area contributed by atoms with Crippen molar-refractivity contribution < 1.29 is 12.8 Å². The summed E-state index contributed by atoms with van der Waals surface area (Å²) in [5.74, 6) is -0.623. The second-order valence-corrected chi connectivity index (χ2v) is 7.00. The first-order chi connectivity index (χ1) is 8.93. The fourth-order valence-electron chi connectivity index (χ4n) is 2.14. The van der Waals surface area contributed by atoms with E-state index in [9.17, 15) is 12.8 Å². The van der Waals surface area contributed by atoms with Crippen LogP contribution in [0.5, 0.6) is 0 Å². The van der Waals surface area contributed by atoms with Crippen molar-refractivity contribution in [2.75, 3.05) is 20.1 Å². The summed E-state index contributed by atoms with van der Waals surface area (Å²) < 4.78 is 39.3. The number of hydrogen-bond acceptors (Lipinski definition) is 3. The zero-order valence-electron chi connectivity index (χ0n) is 10.6. The van der Waals surface area contributed by atoms with Crippen LogP contribution in [0.25, 0.3) is 0 Å². The van der Waals surface area contributed by atoms with E-state index in [2.05, 4.69) is 5.32 Å². The number of nitrogens with zero attached hydrogens (tertiary/aromatic N) is 1. The SMILES string of the molecule is CN(C1CCCNC1)S(=O)(=O)c1ccc(F)c(Cl)c1. The third-order valence-electron chi connectivity index (χ3n) is 3.35. The average Bonchev–Trinajstić information content (AvgIpc) is 2.41. The molecule has 106 valence electrons. The van der Waals surface area contributed by atoms with E-state index in [1.54, 1.807) is 7.05 Å². The predicted octanol–water partition coefficient (Wildman–Crippen LogP) is 1.85. The number of halogens is 2. The predicted molar refractivity (Wildman–Crippen MR) is 72.3 cm³/mol. The monoisotopic (exact) mass is 306 g/mol. The Morgan fingerprint density at radius 3 is 2.79 bits per heavy atom. The van der Waals surface area contributed by atoms with Crippen LogP contribution in [0.1, 0.15) is 12.8 Å². The number of piperidine rings is 1. The number of likely N-dealkylation sites (N-methyl/N-ethyl adjacent to an activating group) is 1. The normalized spacial score (nSPS) is 20.7. The molecule has 0 saturated carbocycles. The minimum absolute atomic E-state index is 0.0203. The summed E-state index contributed by atoms with van der Waals surface area (Å²) in [5, 5.41) is 2.98. The van der Waals surface area contributed by atoms with Gasteiger partial charge in [-0.05, 0) is 37.6 Å². The molecule has 0 spiro atoms. The first-order valence-electron chi connectivity index (χ1n) is 6.07. The Balaban J connectivity index is 2.27. The lowest BCUT2D eigenvalue weighted by Gasteiger charge is -2.30. The highest BCUT2D eigenvalue weighted by Crippen LogP contribution is 2.24. The number of rotatable bonds is 3. The first kappa shape index (κ1) is 14.7. The lowest BCUT2D eigenvalue weighted by atomic mass is 10.1. The molecule has 0 aliphatic carbocycles. The Labute approximate surface area is 117 Å². The van der Waals surface area contributed by atoms with Crippen LogP contribution in [0.4, 0.5) is 4.39 Å². The largest absolute Gasteiger partial charge is 0.315 e. The third-order valence-corrected chi connectivity index (χ3v) is 5.55. The maximum atomic E-state index is 13.1. The lowest BCUT2D eigenvalue weighted by molar-refractivity contribution is 0.300. The van der Waals surface area contributed by atoms with Gasteiger partial charge in [-0.2, -0.15) is 4.31 Å². The molecule has 1 aliphatic heterocycles. The van der Waals surface area contributed by atoms with E-state index < -0.39 is 15.8 Å². The minimum Gasteiger partial charge on any atom is -0.315 e. The van der Waals surface area contributed by atoms with E-state index in [0.29, 0.717) is 6.54 Å². The van der Waals surface area contributed by atoms with Gasteiger partial charge in [0.25, 0.3) is 0 Å². The third kappa shape index (κ3) is 3.08. The molecule has 0 aromatic heterocycles. The van der Waals surface area contributed by atoms with Gasteiger partial charge in [-0.25, -0.2) is 12.8 Å². The quantitative estimate of drug-likeness (QED) is 0.927. The molecule has 1 unspecified atom stereocenters. The van der Waals surface area contributed by atoms with E-state index >= 15 is 0 Å². The average molecular weight is 307 g/mol. The molecule has 4 nitrogen and oxygen atoms in total. The Kier molecular flexibility index (Phi) is 4.45. The van der Waals surface area contributed by atoms with Gasteiger partial charge in [0.05, 0.1) is 9.92 Å². The van der Waals surface area contributed by atoms with Gasteiger partial charge in [-0.15, -0.1) is 0 Å². The molecular weight excluding hydrogens is 291 g/mol. The fraction of sp³-hybridized carbons (Fsp3) is 0.500. The molecule has 19 heavy (non-hydrogen) atoms. The highest BCUT2D eigenvalue weighted by molar-refractivity contribution is 7.89. The molecule has 0 radical (unpaired) electrons. The highest BCUT2D eigenvalue weighted by atomic mass is 35.5. The van der Waals surface area contributed by atoms with Crippen LogP contribution in [0.3, 0.4) is 0 Å².